The summed E-state index contributed by atoms with van der Waals surface area (Å²) in [5.41, 5.74) is 7.43. The summed E-state index contributed by atoms with van der Waals surface area (Å²) in [5.74, 6) is -2.91. The molecule has 5 aliphatic carbocycles. The number of carboxylic acids is 8. The van der Waals surface area contributed by atoms with E-state index >= 15 is 0 Å². The second kappa shape index (κ2) is 51.2. The summed E-state index contributed by atoms with van der Waals surface area (Å²) < 4.78 is 4.98. The van der Waals surface area contributed by atoms with E-state index in [0.717, 1.165) is 98.1 Å². The van der Waals surface area contributed by atoms with Gasteiger partial charge in [-0.25, -0.2) is 4.79 Å². The molecule has 22 nitrogen and oxygen atoms in total. The van der Waals surface area contributed by atoms with E-state index in [1.807, 2.05) is 122 Å². The lowest BCUT2D eigenvalue weighted by atomic mass is 9.43. The van der Waals surface area contributed by atoms with E-state index in [0.29, 0.717) is 73.3 Å². The van der Waals surface area contributed by atoms with Crippen molar-refractivity contribution in [3.05, 3.63) is 232 Å². The number of aliphatic hydroxyl groups is 3. The van der Waals surface area contributed by atoms with E-state index < -0.39 is 53.9 Å². The number of hydrogen-bond acceptors (Lipinski definition) is 15. The Hall–Kier alpha value is -10.2. The third-order valence-corrected chi connectivity index (χ3v) is 24.3. The van der Waals surface area contributed by atoms with Crippen LogP contribution in [0.25, 0.3) is 0 Å². The zero-order valence-corrected chi connectivity index (χ0v) is 69.7. The van der Waals surface area contributed by atoms with Gasteiger partial charge in [0, 0.05) is 61.0 Å². The minimum atomic E-state index is -1.03. The van der Waals surface area contributed by atoms with E-state index in [1.54, 1.807) is 79.5 Å². The number of carboxylic acid groups (broad SMARTS) is 8. The van der Waals surface area contributed by atoms with Crippen molar-refractivity contribution in [3.8, 4) is 11.5 Å². The van der Waals surface area contributed by atoms with Crippen LogP contribution in [0.5, 0.6) is 11.5 Å². The van der Waals surface area contributed by atoms with Crippen LogP contribution in [0.3, 0.4) is 0 Å². The number of aliphatic hydroxyl groups excluding tert-OH is 3. The number of carbonyl (C=O) groups is 9. The van der Waals surface area contributed by atoms with Gasteiger partial charge >= 0.3 is 47.8 Å². The van der Waals surface area contributed by atoms with E-state index in [1.165, 1.54) is 53.8 Å². The first-order chi connectivity index (χ1) is 56.1. The maximum absolute atomic E-state index is 12.0. The van der Waals surface area contributed by atoms with Crippen molar-refractivity contribution in [2.45, 2.75) is 218 Å². The summed E-state index contributed by atoms with van der Waals surface area (Å²) in [6, 6.07) is 54.6. The number of fused-ring (bicyclic) bond motifs is 5. The molecule has 0 radical (unpaired) electrons. The van der Waals surface area contributed by atoms with Crippen LogP contribution in [0.2, 0.25) is 0 Å². The Kier molecular flexibility index (Phi) is 42.7. The molecule has 0 aliphatic heterocycles. The number of ketones is 1. The zero-order chi connectivity index (χ0) is 86.9. The standard InChI is InChI=1S/C24H40O5.C14H10O3.C10H12O3.C10H12O2S.2C10H12O2.C9H10O3.C8H14O2/c1-13(4-7-21(28)29)16-5-6-17-22-18(12-20(27)24(16,17)3)23(2)9-8-15(25)10-14(23)11-19(22)26;15-13(10-5-2-1-3-6-10)11-7-4-8-12(9-11)14(16)17;2*1-13-9-5-2-8(3-6-9)4-7-10(11)12;1-8-2-4-9(5-3-8)6-7-10(11)12;11-10(12)8-4-7-9-5-2-1-3-6-9;10-8-4-1-7(2-5-8)3-6-9(11)12;9-8(10)6-5-7-3-1-2-4-7/h13-20,22,25-27H,4-12H2,1-3H3,(H,28,29);1-9H,(H,16,17);2*2-3,5-6H,4,7H2,1H3,(H,11,12);2-5H,6-7H2,1H3,(H,11,12);1-3,5-6H,4,7-8H2,(H,11,12);1-2,4-5,10H,3,6H2,(H,11,12);7H,1-6H2,(H,9,10)/t13-,14+,15-,16?,17+,18+,19-,20+,22+,23+,24-;;;;;;;/m1......./s1. The van der Waals surface area contributed by atoms with Crippen molar-refractivity contribution < 1.29 is 109 Å². The second-order valence-corrected chi connectivity index (χ2v) is 32.6. The molecule has 0 aromatic heterocycles. The van der Waals surface area contributed by atoms with E-state index in [9.17, 15) is 58.5 Å². The molecule has 5 fully saturated rings. The number of thioether (sulfide) groups is 1. The average molecular weight is 1650 g/mol. The van der Waals surface area contributed by atoms with Gasteiger partial charge in [0.15, 0.2) is 5.78 Å². The molecule has 118 heavy (non-hydrogen) atoms. The lowest BCUT2D eigenvalue weighted by molar-refractivity contribution is -0.207. The first-order valence-electron chi connectivity index (χ1n) is 40.8. The topological polar surface area (TPSA) is 406 Å². The highest BCUT2D eigenvalue weighted by atomic mass is 32.2. The summed E-state index contributed by atoms with van der Waals surface area (Å²) in [6.07, 6.45) is 19.3. The summed E-state index contributed by atoms with van der Waals surface area (Å²) in [6.45, 7) is 8.74. The van der Waals surface area contributed by atoms with Crippen molar-refractivity contribution in [2.24, 2.45) is 52.3 Å². The molecule has 0 spiro atoms. The van der Waals surface area contributed by atoms with E-state index in [-0.39, 0.29) is 90.5 Å². The van der Waals surface area contributed by atoms with Gasteiger partial charge in [0.25, 0.3) is 0 Å². The van der Waals surface area contributed by atoms with Crippen LogP contribution in [0.15, 0.2) is 187 Å². The Balaban J connectivity index is 0.000000248. The van der Waals surface area contributed by atoms with Crippen LogP contribution in [0, 0.1) is 59.2 Å². The Labute approximate surface area is 697 Å². The minimum absolute atomic E-state index is 0.0957. The molecule has 0 heterocycles. The van der Waals surface area contributed by atoms with Crippen LogP contribution in [-0.4, -0.2) is 146 Å². The van der Waals surface area contributed by atoms with Crippen LogP contribution < -0.4 is 4.74 Å². The van der Waals surface area contributed by atoms with Crippen LogP contribution in [-0.2, 0) is 65.7 Å². The molecule has 7 aromatic carbocycles. The highest BCUT2D eigenvalue weighted by molar-refractivity contribution is 7.98. The molecule has 11 atom stereocenters. The zero-order valence-electron chi connectivity index (χ0n) is 68.8. The first-order valence-corrected chi connectivity index (χ1v) is 42.0. The fraction of sp³-hybridized carbons (Fsp3) is 0.463. The van der Waals surface area contributed by atoms with Gasteiger partial charge in [-0.1, -0.05) is 185 Å². The average Bonchev–Trinajstić information content (AvgIpc) is 1.35. The number of methoxy groups -OCH3 is 1. The first kappa shape index (κ1) is 98.4. The summed E-state index contributed by atoms with van der Waals surface area (Å²) >= 11 is 1.69. The number of hydrogen-bond donors (Lipinski definition) is 12. The number of aliphatic carboxylic acids is 7. The molecule has 1 unspecified atom stereocenters. The largest absolute Gasteiger partial charge is 0.508 e. The SMILES string of the molecule is COc1ccc(CCC(=O)O)cc1.CSc1ccc(CCC(=O)O)cc1.C[C@H](CCC(=O)O)C1CC[C@H]2[C@@H]3[C@H](O)C[C@@H]4C[C@H](O)CC[C@]4(C)[C@H]3C[C@H](O)[C@]12C.Cc1ccc(CCC(=O)O)cc1.O=C(O)CCC1CCCC1.O=C(O)CCCc1ccccc1.O=C(O)CCc1ccc(O)cc1.O=C(O)c1cccc(C(=O)c2ccccc2)c1. The number of ether oxygens (including phenoxy) is 1. The predicted molar refractivity (Wildman–Crippen MR) is 453 cm³/mol. The molecule has 0 amide bonds. The highest BCUT2D eigenvalue weighted by Gasteiger charge is 2.65. The van der Waals surface area contributed by atoms with Gasteiger partial charge in [0.1, 0.15) is 11.5 Å². The molecule has 12 N–H and O–H groups in total. The van der Waals surface area contributed by atoms with Crippen LogP contribution >= 0.6 is 11.8 Å². The summed E-state index contributed by atoms with van der Waals surface area (Å²) in [4.78, 5) is 96.4. The van der Waals surface area contributed by atoms with Gasteiger partial charge in [0.05, 0.1) is 31.0 Å². The molecule has 23 heteroatoms. The monoisotopic (exact) mass is 1650 g/mol. The smallest absolute Gasteiger partial charge is 0.335 e. The van der Waals surface area contributed by atoms with Gasteiger partial charge in [-0.3, -0.25) is 38.4 Å². The van der Waals surface area contributed by atoms with Gasteiger partial charge in [-0.15, -0.1) is 11.8 Å². The van der Waals surface area contributed by atoms with Crippen LogP contribution in [0.4, 0.5) is 0 Å². The number of aromatic carboxylic acids is 1. The van der Waals surface area contributed by atoms with Gasteiger partial charge in [0.2, 0.25) is 0 Å². The van der Waals surface area contributed by atoms with Crippen molar-refractivity contribution >= 4 is 65.3 Å². The van der Waals surface area contributed by atoms with E-state index in [4.69, 9.17) is 50.7 Å². The van der Waals surface area contributed by atoms with Gasteiger partial charge in [-0.2, -0.15) is 0 Å². The number of aromatic hydroxyl groups is 1. The summed E-state index contributed by atoms with van der Waals surface area (Å²) in [5, 5.41) is 110. The molecule has 0 bridgehead atoms. The molecule has 0 saturated heterocycles. The number of rotatable bonds is 28. The maximum Gasteiger partial charge on any atom is 0.335 e. The van der Waals surface area contributed by atoms with Crippen LogP contribution in [0.1, 0.15) is 215 Å². The second-order valence-electron chi connectivity index (χ2n) is 31.8. The Morgan fingerprint density at radius 3 is 1.42 bits per heavy atom. The third kappa shape index (κ3) is 34.4. The van der Waals surface area contributed by atoms with E-state index in [2.05, 4.69) is 20.8 Å². The maximum atomic E-state index is 12.0. The highest BCUT2D eigenvalue weighted by Crippen LogP contribution is 2.68. The Morgan fingerprint density at radius 2 is 0.932 bits per heavy atom. The van der Waals surface area contributed by atoms with Crippen molar-refractivity contribution in [3.63, 3.8) is 0 Å². The number of phenols is 1. The molecule has 640 valence electrons. The summed E-state index contributed by atoms with van der Waals surface area (Å²) in [7, 11) is 1.60. The lowest BCUT2D eigenvalue weighted by Crippen LogP contribution is -2.62. The van der Waals surface area contributed by atoms with Crippen molar-refractivity contribution in [2.75, 3.05) is 13.4 Å². The van der Waals surface area contributed by atoms with Crippen molar-refractivity contribution in [1.82, 2.24) is 0 Å². The normalized spacial score (nSPS) is 21.2. The number of phenolic OH excluding ortho intramolecular Hbond substituents is 1. The fourth-order valence-electron chi connectivity index (χ4n) is 17.0. The molecule has 5 aliphatic rings. The van der Waals surface area contributed by atoms with Gasteiger partial charge < -0.3 is 66.0 Å². The van der Waals surface area contributed by atoms with Crippen molar-refractivity contribution in [1.29, 1.82) is 0 Å². The molecule has 12 rings (SSSR count). The quantitative estimate of drug-likeness (QED) is 0.0160. The number of aryl methyl sites for hydroxylation is 6. The lowest BCUT2D eigenvalue weighted by Gasteiger charge is -2.63. The third-order valence-electron chi connectivity index (χ3n) is 23.6. The minimum Gasteiger partial charge on any atom is -0.508 e. The fourth-order valence-corrected chi connectivity index (χ4v) is 17.4. The predicted octanol–water partition coefficient (Wildman–Crippen LogP) is 17.8. The molecule has 7 aromatic rings. The number of benzene rings is 7. The molecule has 5 saturated carbocycles. The number of carbonyl (C=O) groups excluding carboxylic acids is 1. The Bertz CT molecular complexity index is 4090. The van der Waals surface area contributed by atoms with Gasteiger partial charge in [-0.05, 0) is 238 Å². The molecular formula is C95H122O22S. The molecular weight excluding hydrogens is 1530 g/mol. The Morgan fingerprint density at radius 1 is 0.475 bits per heavy atom.